The number of likely N-dealkylation sites (N-methyl/N-ethyl adjacent to an activating group) is 1. The fourth-order valence-corrected chi connectivity index (χ4v) is 1.65. The number of halogens is 1. The summed E-state index contributed by atoms with van der Waals surface area (Å²) in [5.41, 5.74) is 1.54. The fourth-order valence-electron chi connectivity index (χ4n) is 1.22. The molecule has 2 amide bonds. The molecule has 0 heterocycles. The van der Waals surface area contributed by atoms with Crippen LogP contribution in [0.25, 0.3) is 0 Å². The highest BCUT2D eigenvalue weighted by molar-refractivity contribution is 9.10. The van der Waals surface area contributed by atoms with Gasteiger partial charge >= 0.3 is 0 Å². The Morgan fingerprint density at radius 2 is 2.00 bits per heavy atom. The first-order valence-corrected chi connectivity index (χ1v) is 5.95. The molecule has 0 aliphatic rings. The summed E-state index contributed by atoms with van der Waals surface area (Å²) in [5.74, 6) is -0.391. The highest BCUT2D eigenvalue weighted by Crippen LogP contribution is 2.17. The van der Waals surface area contributed by atoms with Crippen LogP contribution >= 0.6 is 15.9 Å². The number of amides is 2. The monoisotopic (exact) mass is 298 g/mol. The van der Waals surface area contributed by atoms with E-state index >= 15 is 0 Å². The van der Waals surface area contributed by atoms with Crippen molar-refractivity contribution in [3.63, 3.8) is 0 Å². The molecule has 1 N–H and O–H groups in total. The normalized spacial score (nSPS) is 9.88. The van der Waals surface area contributed by atoms with Gasteiger partial charge in [0.15, 0.2) is 0 Å². The van der Waals surface area contributed by atoms with Crippen molar-refractivity contribution in [2.24, 2.45) is 0 Å². The fraction of sp³-hybridized carbons (Fsp3) is 0.333. The third kappa shape index (κ3) is 3.85. The molecule has 5 heteroatoms. The van der Waals surface area contributed by atoms with Crippen molar-refractivity contribution < 1.29 is 9.59 Å². The van der Waals surface area contributed by atoms with E-state index in [0.717, 1.165) is 10.0 Å². The standard InChI is InChI=1S/C12H15BrN2O2/c1-8-4-5-10(13)9(6-8)12(17)14-7-11(16)15(2)3/h4-6H,7H2,1-3H3,(H,14,17). The summed E-state index contributed by atoms with van der Waals surface area (Å²) in [6, 6.07) is 5.50. The minimum Gasteiger partial charge on any atom is -0.347 e. The second kappa shape index (κ2) is 5.82. The topological polar surface area (TPSA) is 49.4 Å². The number of rotatable bonds is 3. The first-order chi connectivity index (χ1) is 7.91. The van der Waals surface area contributed by atoms with Gasteiger partial charge in [-0.15, -0.1) is 0 Å². The molecule has 1 aromatic rings. The summed E-state index contributed by atoms with van der Waals surface area (Å²) < 4.78 is 0.720. The van der Waals surface area contributed by atoms with Gasteiger partial charge in [0.05, 0.1) is 12.1 Å². The molecule has 1 aromatic carbocycles. The van der Waals surface area contributed by atoms with Crippen LogP contribution in [0.3, 0.4) is 0 Å². The van der Waals surface area contributed by atoms with E-state index in [1.54, 1.807) is 20.2 Å². The zero-order valence-corrected chi connectivity index (χ0v) is 11.7. The van der Waals surface area contributed by atoms with E-state index in [9.17, 15) is 9.59 Å². The summed E-state index contributed by atoms with van der Waals surface area (Å²) in [6.07, 6.45) is 0. The van der Waals surface area contributed by atoms with E-state index in [1.165, 1.54) is 4.90 Å². The zero-order chi connectivity index (χ0) is 13.0. The van der Waals surface area contributed by atoms with Crippen LogP contribution in [-0.4, -0.2) is 37.4 Å². The average Bonchev–Trinajstić information content (AvgIpc) is 2.28. The van der Waals surface area contributed by atoms with E-state index in [1.807, 2.05) is 19.1 Å². The molecule has 0 spiro atoms. The van der Waals surface area contributed by atoms with E-state index < -0.39 is 0 Å². The molecule has 0 aromatic heterocycles. The summed E-state index contributed by atoms with van der Waals surface area (Å²) in [7, 11) is 3.30. The smallest absolute Gasteiger partial charge is 0.252 e. The van der Waals surface area contributed by atoms with Gasteiger partial charge in [-0.05, 0) is 35.0 Å². The van der Waals surface area contributed by atoms with Crippen molar-refractivity contribution >= 4 is 27.7 Å². The number of carbonyl (C=O) groups is 2. The van der Waals surface area contributed by atoms with Crippen molar-refractivity contribution in [3.05, 3.63) is 33.8 Å². The lowest BCUT2D eigenvalue weighted by Gasteiger charge is -2.11. The van der Waals surface area contributed by atoms with Gasteiger partial charge in [-0.1, -0.05) is 11.6 Å². The SMILES string of the molecule is Cc1ccc(Br)c(C(=O)NCC(=O)N(C)C)c1. The Balaban J connectivity index is 2.70. The maximum absolute atomic E-state index is 11.8. The van der Waals surface area contributed by atoms with Crippen LogP contribution in [-0.2, 0) is 4.79 Å². The molecule has 0 aliphatic carbocycles. The zero-order valence-electron chi connectivity index (χ0n) is 10.1. The van der Waals surface area contributed by atoms with Gasteiger partial charge in [0.25, 0.3) is 5.91 Å². The molecule has 1 rings (SSSR count). The molecular formula is C12H15BrN2O2. The minimum atomic E-state index is -0.254. The van der Waals surface area contributed by atoms with Crippen LogP contribution in [0, 0.1) is 6.92 Å². The molecule has 4 nitrogen and oxygen atoms in total. The quantitative estimate of drug-likeness (QED) is 0.921. The lowest BCUT2D eigenvalue weighted by Crippen LogP contribution is -2.36. The van der Waals surface area contributed by atoms with Crippen LogP contribution in [0.4, 0.5) is 0 Å². The highest BCUT2D eigenvalue weighted by Gasteiger charge is 2.12. The average molecular weight is 299 g/mol. The maximum atomic E-state index is 11.8. The van der Waals surface area contributed by atoms with E-state index in [-0.39, 0.29) is 18.4 Å². The third-order valence-electron chi connectivity index (χ3n) is 2.27. The van der Waals surface area contributed by atoms with Crippen molar-refractivity contribution in [1.29, 1.82) is 0 Å². The molecule has 0 bridgehead atoms. The minimum absolute atomic E-state index is 0.00617. The Kier molecular flexibility index (Phi) is 4.69. The molecule has 0 radical (unpaired) electrons. The number of nitrogens with one attached hydrogen (secondary N) is 1. The van der Waals surface area contributed by atoms with Gasteiger partial charge in [-0.3, -0.25) is 9.59 Å². The summed E-state index contributed by atoms with van der Waals surface area (Å²) in [5, 5.41) is 2.59. The number of aryl methyl sites for hydroxylation is 1. The second-order valence-corrected chi connectivity index (χ2v) is 4.81. The van der Waals surface area contributed by atoms with Gasteiger partial charge < -0.3 is 10.2 Å². The van der Waals surface area contributed by atoms with Crippen molar-refractivity contribution in [2.45, 2.75) is 6.92 Å². The van der Waals surface area contributed by atoms with Crippen molar-refractivity contribution in [2.75, 3.05) is 20.6 Å². The van der Waals surface area contributed by atoms with Crippen molar-refractivity contribution in [1.82, 2.24) is 10.2 Å². The summed E-state index contributed by atoms with van der Waals surface area (Å²) in [6.45, 7) is 1.92. The van der Waals surface area contributed by atoms with Gasteiger partial charge in [0.2, 0.25) is 5.91 Å². The summed E-state index contributed by atoms with van der Waals surface area (Å²) in [4.78, 5) is 24.6. The molecular weight excluding hydrogens is 284 g/mol. The lowest BCUT2D eigenvalue weighted by atomic mass is 10.1. The molecule has 0 unspecified atom stereocenters. The number of hydrogen-bond donors (Lipinski definition) is 1. The van der Waals surface area contributed by atoms with Crippen LogP contribution in [0.1, 0.15) is 15.9 Å². The number of hydrogen-bond acceptors (Lipinski definition) is 2. The first-order valence-electron chi connectivity index (χ1n) is 5.16. The van der Waals surface area contributed by atoms with Crippen molar-refractivity contribution in [3.8, 4) is 0 Å². The van der Waals surface area contributed by atoms with Gasteiger partial charge in [-0.2, -0.15) is 0 Å². The lowest BCUT2D eigenvalue weighted by molar-refractivity contribution is -0.127. The maximum Gasteiger partial charge on any atom is 0.252 e. The molecule has 0 saturated carbocycles. The molecule has 0 atom stereocenters. The highest BCUT2D eigenvalue weighted by atomic mass is 79.9. The van der Waals surface area contributed by atoms with Crippen LogP contribution in [0.2, 0.25) is 0 Å². The predicted octanol–water partition coefficient (Wildman–Crippen LogP) is 1.58. The summed E-state index contributed by atoms with van der Waals surface area (Å²) >= 11 is 3.31. The largest absolute Gasteiger partial charge is 0.347 e. The predicted molar refractivity (Wildman–Crippen MR) is 69.9 cm³/mol. The number of nitrogens with zero attached hydrogens (tertiary/aromatic N) is 1. The van der Waals surface area contributed by atoms with Gasteiger partial charge in [0.1, 0.15) is 0 Å². The Bertz CT molecular complexity index is 444. The van der Waals surface area contributed by atoms with Gasteiger partial charge in [-0.25, -0.2) is 0 Å². The van der Waals surface area contributed by atoms with Gasteiger partial charge in [0, 0.05) is 18.6 Å². The molecule has 0 saturated heterocycles. The molecule has 92 valence electrons. The Hall–Kier alpha value is -1.36. The number of benzene rings is 1. The Morgan fingerprint density at radius 3 is 2.59 bits per heavy atom. The van der Waals surface area contributed by atoms with E-state index in [4.69, 9.17) is 0 Å². The second-order valence-electron chi connectivity index (χ2n) is 3.95. The van der Waals surface area contributed by atoms with E-state index in [0.29, 0.717) is 5.56 Å². The van der Waals surface area contributed by atoms with Crippen LogP contribution in [0.15, 0.2) is 22.7 Å². The molecule has 0 fully saturated rings. The Labute approximate surface area is 109 Å². The van der Waals surface area contributed by atoms with Crippen LogP contribution < -0.4 is 5.32 Å². The molecule has 17 heavy (non-hydrogen) atoms. The molecule has 0 aliphatic heterocycles. The Morgan fingerprint density at radius 1 is 1.35 bits per heavy atom. The number of carbonyl (C=O) groups excluding carboxylic acids is 2. The first kappa shape index (κ1) is 13.7. The van der Waals surface area contributed by atoms with Crippen LogP contribution in [0.5, 0.6) is 0 Å². The third-order valence-corrected chi connectivity index (χ3v) is 2.96. The van der Waals surface area contributed by atoms with E-state index in [2.05, 4.69) is 21.2 Å².